The highest BCUT2D eigenvalue weighted by atomic mass is 16.5. The molecule has 1 aromatic rings. The van der Waals surface area contributed by atoms with E-state index in [2.05, 4.69) is 5.32 Å². The number of carbonyl (C=O) groups is 2. The highest BCUT2D eigenvalue weighted by Gasteiger charge is 2.23. The van der Waals surface area contributed by atoms with E-state index in [0.29, 0.717) is 17.0 Å². The predicted molar refractivity (Wildman–Crippen MR) is 86.6 cm³/mol. The molecule has 2 rings (SSSR count). The molecular weight excluding hydrogens is 280 g/mol. The second-order valence-electron chi connectivity index (χ2n) is 5.94. The number of methoxy groups -OCH3 is 1. The zero-order chi connectivity index (χ0) is 16.1. The third-order valence-electron chi connectivity index (χ3n) is 4.11. The average molecular weight is 304 g/mol. The number of benzene rings is 1. The first-order valence-corrected chi connectivity index (χ1v) is 7.73. The number of ketones is 1. The van der Waals surface area contributed by atoms with Crippen LogP contribution in [0.5, 0.6) is 5.75 Å². The first kappa shape index (κ1) is 16.3. The molecule has 1 aromatic carbocycles. The van der Waals surface area contributed by atoms with Crippen molar-refractivity contribution in [2.24, 2.45) is 5.92 Å². The van der Waals surface area contributed by atoms with Crippen LogP contribution in [0.1, 0.15) is 42.5 Å². The maximum Gasteiger partial charge on any atom is 0.321 e. The Balaban J connectivity index is 2.22. The van der Waals surface area contributed by atoms with Crippen molar-refractivity contribution >= 4 is 17.5 Å². The molecule has 1 fully saturated rings. The zero-order valence-corrected chi connectivity index (χ0v) is 13.5. The molecule has 0 aromatic heterocycles. The van der Waals surface area contributed by atoms with Crippen molar-refractivity contribution < 1.29 is 14.3 Å². The predicted octanol–water partition coefficient (Wildman–Crippen LogP) is 3.55. The Morgan fingerprint density at radius 2 is 1.86 bits per heavy atom. The van der Waals surface area contributed by atoms with Crippen LogP contribution in [0.3, 0.4) is 0 Å². The van der Waals surface area contributed by atoms with Crippen LogP contribution in [0, 0.1) is 5.92 Å². The van der Waals surface area contributed by atoms with Gasteiger partial charge in [0, 0.05) is 25.6 Å². The van der Waals surface area contributed by atoms with Crippen molar-refractivity contribution in [1.29, 1.82) is 0 Å². The van der Waals surface area contributed by atoms with E-state index in [-0.39, 0.29) is 17.7 Å². The minimum absolute atomic E-state index is 0.111. The fourth-order valence-electron chi connectivity index (χ4n) is 2.79. The monoisotopic (exact) mass is 304 g/mol. The summed E-state index contributed by atoms with van der Waals surface area (Å²) >= 11 is 0. The molecule has 2 amide bonds. The topological polar surface area (TPSA) is 58.6 Å². The summed E-state index contributed by atoms with van der Waals surface area (Å²) in [6.07, 6.45) is 5.39. The summed E-state index contributed by atoms with van der Waals surface area (Å²) in [5, 5.41) is 2.77. The quantitative estimate of drug-likeness (QED) is 0.865. The van der Waals surface area contributed by atoms with E-state index in [1.807, 2.05) is 0 Å². The first-order valence-electron chi connectivity index (χ1n) is 7.73. The van der Waals surface area contributed by atoms with Gasteiger partial charge in [0.2, 0.25) is 0 Å². The van der Waals surface area contributed by atoms with Gasteiger partial charge in [0.15, 0.2) is 5.78 Å². The van der Waals surface area contributed by atoms with E-state index in [1.54, 1.807) is 39.4 Å². The number of Topliss-reactive ketones (excluding diaryl/α,β-unsaturated/α-hetero) is 1. The third-order valence-corrected chi connectivity index (χ3v) is 4.11. The molecule has 0 atom stereocenters. The number of rotatable bonds is 4. The van der Waals surface area contributed by atoms with Crippen molar-refractivity contribution in [3.05, 3.63) is 23.8 Å². The second-order valence-corrected chi connectivity index (χ2v) is 5.94. The van der Waals surface area contributed by atoms with Crippen LogP contribution in [0.25, 0.3) is 0 Å². The second kappa shape index (κ2) is 7.29. The Morgan fingerprint density at radius 1 is 1.18 bits per heavy atom. The van der Waals surface area contributed by atoms with Gasteiger partial charge in [-0.3, -0.25) is 4.79 Å². The number of nitrogens with zero attached hydrogens (tertiary/aromatic N) is 1. The number of amides is 2. The van der Waals surface area contributed by atoms with Crippen molar-refractivity contribution in [2.45, 2.75) is 32.1 Å². The SMILES string of the molecule is COc1ccc(C(=O)C2CCCCC2)cc1NC(=O)N(C)C. The molecular formula is C17H24N2O3. The van der Waals surface area contributed by atoms with Crippen LogP contribution in [-0.4, -0.2) is 37.9 Å². The summed E-state index contributed by atoms with van der Waals surface area (Å²) in [5.74, 6) is 0.831. The lowest BCUT2D eigenvalue weighted by atomic mass is 9.84. The van der Waals surface area contributed by atoms with E-state index < -0.39 is 0 Å². The molecule has 1 aliphatic rings. The summed E-state index contributed by atoms with van der Waals surface area (Å²) in [5.41, 5.74) is 1.17. The number of ether oxygens (including phenoxy) is 1. The van der Waals surface area contributed by atoms with Crippen molar-refractivity contribution in [3.63, 3.8) is 0 Å². The van der Waals surface area contributed by atoms with Crippen LogP contribution >= 0.6 is 0 Å². The Hall–Kier alpha value is -2.04. The number of hydrogen-bond donors (Lipinski definition) is 1. The molecule has 1 saturated carbocycles. The minimum atomic E-state index is -0.249. The minimum Gasteiger partial charge on any atom is -0.495 e. The fraction of sp³-hybridized carbons (Fsp3) is 0.529. The van der Waals surface area contributed by atoms with Gasteiger partial charge in [0.25, 0.3) is 0 Å². The number of carbonyl (C=O) groups excluding carboxylic acids is 2. The van der Waals surface area contributed by atoms with Gasteiger partial charge in [-0.2, -0.15) is 0 Å². The van der Waals surface area contributed by atoms with Gasteiger partial charge >= 0.3 is 6.03 Å². The highest BCUT2D eigenvalue weighted by molar-refractivity contribution is 6.00. The van der Waals surface area contributed by atoms with Crippen LogP contribution in [0.15, 0.2) is 18.2 Å². The molecule has 0 spiro atoms. The number of hydrogen-bond acceptors (Lipinski definition) is 3. The summed E-state index contributed by atoms with van der Waals surface area (Å²) in [4.78, 5) is 25.9. The Bertz CT molecular complexity index is 549. The van der Waals surface area contributed by atoms with Crippen molar-refractivity contribution in [2.75, 3.05) is 26.5 Å². The smallest absolute Gasteiger partial charge is 0.321 e. The number of urea groups is 1. The van der Waals surface area contributed by atoms with Gasteiger partial charge < -0.3 is 15.0 Å². The van der Waals surface area contributed by atoms with Crippen molar-refractivity contribution in [3.8, 4) is 5.75 Å². The molecule has 0 heterocycles. The Kier molecular flexibility index (Phi) is 5.41. The Labute approximate surface area is 131 Å². The van der Waals surface area contributed by atoms with E-state index >= 15 is 0 Å². The summed E-state index contributed by atoms with van der Waals surface area (Å²) in [6.45, 7) is 0. The largest absolute Gasteiger partial charge is 0.495 e. The average Bonchev–Trinajstić information content (AvgIpc) is 2.54. The molecule has 0 aliphatic heterocycles. The molecule has 5 heteroatoms. The molecule has 0 radical (unpaired) electrons. The molecule has 0 bridgehead atoms. The summed E-state index contributed by atoms with van der Waals surface area (Å²) in [6, 6.07) is 4.99. The van der Waals surface area contributed by atoms with Gasteiger partial charge in [-0.1, -0.05) is 19.3 Å². The third kappa shape index (κ3) is 3.78. The van der Waals surface area contributed by atoms with E-state index in [1.165, 1.54) is 11.3 Å². The highest BCUT2D eigenvalue weighted by Crippen LogP contribution is 2.30. The van der Waals surface area contributed by atoms with Gasteiger partial charge in [-0.25, -0.2) is 4.79 Å². The lowest BCUT2D eigenvalue weighted by Gasteiger charge is -2.21. The van der Waals surface area contributed by atoms with Gasteiger partial charge in [0.1, 0.15) is 5.75 Å². The lowest BCUT2D eigenvalue weighted by Crippen LogP contribution is -2.27. The van der Waals surface area contributed by atoms with E-state index in [4.69, 9.17) is 4.74 Å². The molecule has 22 heavy (non-hydrogen) atoms. The molecule has 0 unspecified atom stereocenters. The number of nitrogens with one attached hydrogen (secondary N) is 1. The molecule has 1 aliphatic carbocycles. The van der Waals surface area contributed by atoms with Crippen LogP contribution < -0.4 is 10.1 Å². The molecule has 120 valence electrons. The fourth-order valence-corrected chi connectivity index (χ4v) is 2.79. The standard InChI is InChI=1S/C17H24N2O3/c1-19(2)17(21)18-14-11-13(9-10-15(14)22-3)16(20)12-7-5-4-6-8-12/h9-12H,4-8H2,1-3H3,(H,18,21). The van der Waals surface area contributed by atoms with Crippen LogP contribution in [-0.2, 0) is 0 Å². The molecule has 0 saturated heterocycles. The van der Waals surface area contributed by atoms with E-state index in [0.717, 1.165) is 25.7 Å². The van der Waals surface area contributed by atoms with Crippen molar-refractivity contribution in [1.82, 2.24) is 4.90 Å². The zero-order valence-electron chi connectivity index (χ0n) is 13.5. The lowest BCUT2D eigenvalue weighted by molar-refractivity contribution is 0.0889. The normalized spacial score (nSPS) is 15.2. The van der Waals surface area contributed by atoms with Crippen LogP contribution in [0.2, 0.25) is 0 Å². The van der Waals surface area contributed by atoms with Crippen LogP contribution in [0.4, 0.5) is 10.5 Å². The maximum absolute atomic E-state index is 12.6. The Morgan fingerprint density at radius 3 is 2.45 bits per heavy atom. The number of anilines is 1. The summed E-state index contributed by atoms with van der Waals surface area (Å²) < 4.78 is 5.26. The van der Waals surface area contributed by atoms with Gasteiger partial charge in [-0.15, -0.1) is 0 Å². The van der Waals surface area contributed by atoms with Gasteiger partial charge in [-0.05, 0) is 31.0 Å². The first-order chi connectivity index (χ1) is 10.5. The maximum atomic E-state index is 12.6. The van der Waals surface area contributed by atoms with E-state index in [9.17, 15) is 9.59 Å². The molecule has 1 N–H and O–H groups in total. The summed E-state index contributed by atoms with van der Waals surface area (Å²) in [7, 11) is 4.88. The van der Waals surface area contributed by atoms with Gasteiger partial charge in [0.05, 0.1) is 12.8 Å². The molecule has 5 nitrogen and oxygen atoms in total.